The van der Waals surface area contributed by atoms with Gasteiger partial charge in [0.25, 0.3) is 0 Å². The van der Waals surface area contributed by atoms with E-state index in [9.17, 15) is 4.39 Å². The molecule has 19 heavy (non-hydrogen) atoms. The molecular formula is C15H10BrClFN. The van der Waals surface area contributed by atoms with Gasteiger partial charge in [0.2, 0.25) is 0 Å². The monoisotopic (exact) mass is 337 g/mol. The molecule has 0 spiro atoms. The number of aromatic nitrogens is 1. The van der Waals surface area contributed by atoms with Crippen molar-refractivity contribution in [2.75, 3.05) is 0 Å². The highest BCUT2D eigenvalue weighted by molar-refractivity contribution is 9.10. The summed E-state index contributed by atoms with van der Waals surface area (Å²) in [5.41, 5.74) is 2.16. The van der Waals surface area contributed by atoms with Crippen molar-refractivity contribution in [2.24, 2.45) is 0 Å². The van der Waals surface area contributed by atoms with E-state index in [1.807, 2.05) is 30.5 Å². The van der Waals surface area contributed by atoms with Gasteiger partial charge in [0.15, 0.2) is 0 Å². The first-order chi connectivity index (χ1) is 9.13. The van der Waals surface area contributed by atoms with Crippen molar-refractivity contribution in [2.45, 2.75) is 6.54 Å². The third-order valence-electron chi connectivity index (χ3n) is 3.07. The lowest BCUT2D eigenvalue weighted by atomic mass is 10.2. The van der Waals surface area contributed by atoms with Gasteiger partial charge in [-0.3, -0.25) is 0 Å². The smallest absolute Gasteiger partial charge is 0.137 e. The maximum atomic E-state index is 13.2. The van der Waals surface area contributed by atoms with Crippen LogP contribution < -0.4 is 0 Å². The highest BCUT2D eigenvalue weighted by Gasteiger charge is 2.04. The molecule has 0 unspecified atom stereocenters. The molecule has 0 N–H and O–H groups in total. The van der Waals surface area contributed by atoms with Gasteiger partial charge < -0.3 is 4.57 Å². The SMILES string of the molecule is Fc1ccc(Cn2ccc3cc(Cl)ccc32)cc1Br. The second-order valence-electron chi connectivity index (χ2n) is 4.40. The highest BCUT2D eigenvalue weighted by Crippen LogP contribution is 2.23. The van der Waals surface area contributed by atoms with Gasteiger partial charge in [0, 0.05) is 28.7 Å². The van der Waals surface area contributed by atoms with Gasteiger partial charge in [-0.25, -0.2) is 4.39 Å². The first-order valence-electron chi connectivity index (χ1n) is 5.82. The molecule has 0 radical (unpaired) electrons. The van der Waals surface area contributed by atoms with E-state index < -0.39 is 0 Å². The molecule has 0 aliphatic rings. The number of hydrogen-bond donors (Lipinski definition) is 0. The molecule has 0 saturated carbocycles. The summed E-state index contributed by atoms with van der Waals surface area (Å²) in [6.07, 6.45) is 2.01. The van der Waals surface area contributed by atoms with Crippen LogP contribution in [0.25, 0.3) is 10.9 Å². The zero-order chi connectivity index (χ0) is 13.4. The number of hydrogen-bond acceptors (Lipinski definition) is 0. The summed E-state index contributed by atoms with van der Waals surface area (Å²) in [7, 11) is 0. The average Bonchev–Trinajstić information content (AvgIpc) is 2.76. The fraction of sp³-hybridized carbons (Fsp3) is 0.0667. The Kier molecular flexibility index (Phi) is 3.33. The fourth-order valence-electron chi connectivity index (χ4n) is 2.14. The van der Waals surface area contributed by atoms with Crippen molar-refractivity contribution in [3.05, 3.63) is 69.5 Å². The fourth-order valence-corrected chi connectivity index (χ4v) is 2.75. The van der Waals surface area contributed by atoms with E-state index in [1.165, 1.54) is 6.07 Å². The van der Waals surface area contributed by atoms with Crippen molar-refractivity contribution in [3.8, 4) is 0 Å². The molecule has 0 aliphatic carbocycles. The molecule has 3 rings (SSSR count). The van der Waals surface area contributed by atoms with Crippen molar-refractivity contribution in [1.29, 1.82) is 0 Å². The Morgan fingerprint density at radius 1 is 1.11 bits per heavy atom. The summed E-state index contributed by atoms with van der Waals surface area (Å²) in [4.78, 5) is 0. The summed E-state index contributed by atoms with van der Waals surface area (Å²) >= 11 is 9.18. The van der Waals surface area contributed by atoms with E-state index in [4.69, 9.17) is 11.6 Å². The second-order valence-corrected chi connectivity index (χ2v) is 5.69. The van der Waals surface area contributed by atoms with E-state index in [0.717, 1.165) is 21.5 Å². The van der Waals surface area contributed by atoms with Crippen LogP contribution in [0.4, 0.5) is 4.39 Å². The largest absolute Gasteiger partial charge is 0.343 e. The molecule has 0 aliphatic heterocycles. The first-order valence-corrected chi connectivity index (χ1v) is 6.99. The number of fused-ring (bicyclic) bond motifs is 1. The minimum Gasteiger partial charge on any atom is -0.343 e. The van der Waals surface area contributed by atoms with Gasteiger partial charge in [0.1, 0.15) is 5.82 Å². The van der Waals surface area contributed by atoms with Crippen molar-refractivity contribution in [3.63, 3.8) is 0 Å². The maximum absolute atomic E-state index is 13.2. The van der Waals surface area contributed by atoms with E-state index in [1.54, 1.807) is 12.1 Å². The van der Waals surface area contributed by atoms with Crippen molar-refractivity contribution >= 4 is 38.4 Å². The lowest BCUT2D eigenvalue weighted by Crippen LogP contribution is -1.98. The molecule has 0 atom stereocenters. The van der Waals surface area contributed by atoms with Crippen LogP contribution in [0.15, 0.2) is 53.1 Å². The van der Waals surface area contributed by atoms with Gasteiger partial charge >= 0.3 is 0 Å². The molecule has 0 fully saturated rings. The number of nitrogens with zero attached hydrogens (tertiary/aromatic N) is 1. The molecule has 2 aromatic carbocycles. The van der Waals surface area contributed by atoms with Gasteiger partial charge in [-0.15, -0.1) is 0 Å². The summed E-state index contributed by atoms with van der Waals surface area (Å²) in [6, 6.07) is 12.9. The Morgan fingerprint density at radius 2 is 1.95 bits per heavy atom. The van der Waals surface area contributed by atoms with Crippen molar-refractivity contribution in [1.82, 2.24) is 4.57 Å². The summed E-state index contributed by atoms with van der Waals surface area (Å²) in [6.45, 7) is 0.698. The summed E-state index contributed by atoms with van der Waals surface area (Å²) < 4.78 is 15.8. The molecule has 1 aromatic heterocycles. The Labute approximate surface area is 123 Å². The Morgan fingerprint density at radius 3 is 2.74 bits per heavy atom. The third-order valence-corrected chi connectivity index (χ3v) is 3.91. The molecule has 0 saturated heterocycles. The van der Waals surface area contributed by atoms with E-state index in [-0.39, 0.29) is 5.82 Å². The normalized spacial score (nSPS) is 11.1. The van der Waals surface area contributed by atoms with Crippen LogP contribution in [0.3, 0.4) is 0 Å². The number of rotatable bonds is 2. The molecule has 4 heteroatoms. The summed E-state index contributed by atoms with van der Waals surface area (Å²) in [5, 5.41) is 1.84. The van der Waals surface area contributed by atoms with Gasteiger partial charge in [-0.1, -0.05) is 17.7 Å². The van der Waals surface area contributed by atoms with Crippen LogP contribution in [0.2, 0.25) is 5.02 Å². The van der Waals surface area contributed by atoms with Crippen LogP contribution >= 0.6 is 27.5 Å². The zero-order valence-corrected chi connectivity index (χ0v) is 12.2. The second kappa shape index (κ2) is 4.99. The van der Waals surface area contributed by atoms with Crippen LogP contribution in [-0.2, 0) is 6.54 Å². The molecule has 1 heterocycles. The lowest BCUT2D eigenvalue weighted by molar-refractivity contribution is 0.619. The third kappa shape index (κ3) is 2.53. The molecule has 1 nitrogen and oxygen atoms in total. The molecule has 96 valence electrons. The zero-order valence-electron chi connectivity index (χ0n) is 9.91. The highest BCUT2D eigenvalue weighted by atomic mass is 79.9. The van der Waals surface area contributed by atoms with E-state index in [0.29, 0.717) is 11.0 Å². The van der Waals surface area contributed by atoms with E-state index >= 15 is 0 Å². The topological polar surface area (TPSA) is 4.93 Å². The maximum Gasteiger partial charge on any atom is 0.137 e. The van der Waals surface area contributed by atoms with Gasteiger partial charge in [-0.05, 0) is 57.9 Å². The average molecular weight is 339 g/mol. The quantitative estimate of drug-likeness (QED) is 0.602. The molecule has 0 amide bonds. The molecule has 0 bridgehead atoms. The number of halogens is 3. The predicted octanol–water partition coefficient (Wildman–Crippen LogP) is 5.24. The molecular weight excluding hydrogens is 329 g/mol. The van der Waals surface area contributed by atoms with Crippen LogP contribution in [0, 0.1) is 5.82 Å². The lowest BCUT2D eigenvalue weighted by Gasteiger charge is -2.07. The number of benzene rings is 2. The minimum absolute atomic E-state index is 0.243. The minimum atomic E-state index is -0.243. The Hall–Kier alpha value is -1.32. The van der Waals surface area contributed by atoms with E-state index in [2.05, 4.69) is 20.5 Å². The van der Waals surface area contributed by atoms with Crippen molar-refractivity contribution < 1.29 is 4.39 Å². The summed E-state index contributed by atoms with van der Waals surface area (Å²) in [5.74, 6) is -0.243. The Bertz CT molecular complexity index is 751. The van der Waals surface area contributed by atoms with Gasteiger partial charge in [-0.2, -0.15) is 0 Å². The van der Waals surface area contributed by atoms with Gasteiger partial charge in [0.05, 0.1) is 4.47 Å². The molecule has 3 aromatic rings. The van der Waals surface area contributed by atoms with Crippen LogP contribution in [-0.4, -0.2) is 4.57 Å². The standard InChI is InChI=1S/C15H10BrClFN/c16-13-7-10(1-3-14(13)18)9-19-6-5-11-8-12(17)2-4-15(11)19/h1-8H,9H2. The Balaban J connectivity index is 1.98. The first kappa shape index (κ1) is 12.7. The van der Waals surface area contributed by atoms with Crippen LogP contribution in [0.5, 0.6) is 0 Å². The van der Waals surface area contributed by atoms with Crippen LogP contribution in [0.1, 0.15) is 5.56 Å². The predicted molar refractivity (Wildman–Crippen MR) is 80.2 cm³/mol.